The molecule has 0 bridgehead atoms. The van der Waals surface area contributed by atoms with Gasteiger partial charge in [0.25, 0.3) is 11.6 Å². The predicted octanol–water partition coefficient (Wildman–Crippen LogP) is 0.388. The Morgan fingerprint density at radius 3 is 3.00 bits per heavy atom. The van der Waals surface area contributed by atoms with Crippen LogP contribution in [0.1, 0.15) is 6.42 Å². The number of nitro groups is 1. The van der Waals surface area contributed by atoms with Crippen molar-refractivity contribution < 1.29 is 19.2 Å². The molecule has 2 amide bonds. The summed E-state index contributed by atoms with van der Waals surface area (Å²) < 4.78 is 5.31. The van der Waals surface area contributed by atoms with Crippen LogP contribution in [0.5, 0.6) is 5.75 Å². The summed E-state index contributed by atoms with van der Waals surface area (Å²) in [6.45, 7) is 1.84. The second kappa shape index (κ2) is 7.06. The predicted molar refractivity (Wildman–Crippen MR) is 89.6 cm³/mol. The van der Waals surface area contributed by atoms with E-state index in [1.54, 1.807) is 4.90 Å². The van der Waals surface area contributed by atoms with Crippen LogP contribution in [0, 0.1) is 16.0 Å². The summed E-state index contributed by atoms with van der Waals surface area (Å²) >= 11 is 0. The summed E-state index contributed by atoms with van der Waals surface area (Å²) in [5.41, 5.74) is 0.120. The Hall–Kier alpha value is -2.68. The number of hydrogen-bond acceptors (Lipinski definition) is 6. The van der Waals surface area contributed by atoms with Crippen molar-refractivity contribution in [2.75, 3.05) is 44.7 Å². The highest BCUT2D eigenvalue weighted by molar-refractivity contribution is 6.02. The molecule has 1 fully saturated rings. The minimum Gasteiger partial charge on any atom is -0.482 e. The van der Waals surface area contributed by atoms with Gasteiger partial charge in [0.15, 0.2) is 6.61 Å². The lowest BCUT2D eigenvalue weighted by Gasteiger charge is -2.30. The zero-order chi connectivity index (χ0) is 18.0. The lowest BCUT2D eigenvalue weighted by Crippen LogP contribution is -2.46. The molecule has 1 N–H and O–H groups in total. The van der Waals surface area contributed by atoms with Gasteiger partial charge in [0.2, 0.25) is 5.91 Å². The monoisotopic (exact) mass is 348 g/mol. The molecule has 1 atom stereocenters. The molecule has 0 spiro atoms. The fourth-order valence-electron chi connectivity index (χ4n) is 3.23. The van der Waals surface area contributed by atoms with Crippen LogP contribution in [-0.2, 0) is 9.59 Å². The van der Waals surface area contributed by atoms with Gasteiger partial charge in [-0.25, -0.2) is 0 Å². The fraction of sp³-hybridized carbons (Fsp3) is 0.500. The lowest BCUT2D eigenvalue weighted by molar-refractivity contribution is -0.384. The van der Waals surface area contributed by atoms with Crippen molar-refractivity contribution in [1.29, 1.82) is 0 Å². The van der Waals surface area contributed by atoms with E-state index in [0.717, 1.165) is 13.0 Å². The Bertz CT molecular complexity index is 708. The zero-order valence-electron chi connectivity index (χ0n) is 13.9. The highest BCUT2D eigenvalue weighted by Crippen LogP contribution is 2.35. The number of nitro benzene ring substituents is 1. The van der Waals surface area contributed by atoms with Crippen LogP contribution in [0.2, 0.25) is 0 Å². The van der Waals surface area contributed by atoms with Gasteiger partial charge in [-0.1, -0.05) is 0 Å². The van der Waals surface area contributed by atoms with Crippen molar-refractivity contribution in [3.63, 3.8) is 0 Å². The minimum absolute atomic E-state index is 0.136. The molecule has 9 heteroatoms. The molecule has 1 unspecified atom stereocenters. The van der Waals surface area contributed by atoms with Gasteiger partial charge in [0, 0.05) is 25.2 Å². The number of fused-ring (bicyclic) bond motifs is 1. The second-order valence-electron chi connectivity index (χ2n) is 6.23. The molecule has 1 aromatic carbocycles. The van der Waals surface area contributed by atoms with Crippen molar-refractivity contribution in [2.45, 2.75) is 6.42 Å². The van der Waals surface area contributed by atoms with Crippen LogP contribution in [0.25, 0.3) is 0 Å². The van der Waals surface area contributed by atoms with Crippen LogP contribution in [0.3, 0.4) is 0 Å². The molecule has 1 aromatic rings. The number of amides is 2. The minimum atomic E-state index is -0.540. The lowest BCUT2D eigenvalue weighted by atomic mass is 10.1. The average Bonchev–Trinajstić information content (AvgIpc) is 3.06. The van der Waals surface area contributed by atoms with E-state index < -0.39 is 4.92 Å². The Morgan fingerprint density at radius 2 is 2.28 bits per heavy atom. The van der Waals surface area contributed by atoms with Gasteiger partial charge < -0.3 is 15.0 Å². The number of nitrogens with zero attached hydrogens (tertiary/aromatic N) is 3. The number of carbonyl (C=O) groups excluding carboxylic acids is 2. The normalized spacial score (nSPS) is 19.6. The molecule has 0 radical (unpaired) electrons. The highest BCUT2D eigenvalue weighted by atomic mass is 16.6. The summed E-state index contributed by atoms with van der Waals surface area (Å²) in [5.74, 6) is 0.230. The van der Waals surface area contributed by atoms with Crippen LogP contribution in [-0.4, -0.2) is 61.5 Å². The van der Waals surface area contributed by atoms with Gasteiger partial charge in [0.05, 0.1) is 10.6 Å². The van der Waals surface area contributed by atoms with Gasteiger partial charge >= 0.3 is 0 Å². The van der Waals surface area contributed by atoms with E-state index in [-0.39, 0.29) is 36.3 Å². The largest absolute Gasteiger partial charge is 0.482 e. The number of non-ortho nitro benzene ring substituents is 1. The molecule has 2 aliphatic rings. The van der Waals surface area contributed by atoms with Crippen molar-refractivity contribution in [3.05, 3.63) is 28.3 Å². The Morgan fingerprint density at radius 1 is 1.48 bits per heavy atom. The molecule has 2 heterocycles. The first-order valence-corrected chi connectivity index (χ1v) is 8.13. The average molecular weight is 348 g/mol. The number of benzene rings is 1. The Kier molecular flexibility index (Phi) is 4.84. The summed E-state index contributed by atoms with van der Waals surface area (Å²) in [6.07, 6.45) is 0.922. The van der Waals surface area contributed by atoms with Crippen molar-refractivity contribution in [2.24, 2.45) is 5.92 Å². The maximum Gasteiger partial charge on any atom is 0.271 e. The van der Waals surface area contributed by atoms with Crippen LogP contribution >= 0.6 is 0 Å². The topological polar surface area (TPSA) is 105 Å². The molecule has 2 aliphatic heterocycles. The molecule has 3 rings (SSSR count). The molecule has 1 saturated heterocycles. The molecule has 25 heavy (non-hydrogen) atoms. The number of rotatable bonds is 5. The standard InChI is InChI=1S/C16H20N4O5/c1-17-7-11-4-5-18(8-11)15(21)9-19-13-6-12(20(23)24)2-3-14(13)25-10-16(19)22/h2-3,6,11,17H,4-5,7-10H2,1H3. The van der Waals surface area contributed by atoms with Crippen molar-refractivity contribution >= 4 is 23.2 Å². The van der Waals surface area contributed by atoms with E-state index in [0.29, 0.717) is 24.8 Å². The number of hydrogen-bond donors (Lipinski definition) is 1. The fourth-order valence-corrected chi connectivity index (χ4v) is 3.23. The molecule has 0 saturated carbocycles. The van der Waals surface area contributed by atoms with Crippen LogP contribution in [0.4, 0.5) is 11.4 Å². The number of carbonyl (C=O) groups is 2. The first kappa shape index (κ1) is 17.2. The van der Waals surface area contributed by atoms with E-state index in [4.69, 9.17) is 4.74 Å². The quantitative estimate of drug-likeness (QED) is 0.609. The number of ether oxygens (including phenoxy) is 1. The van der Waals surface area contributed by atoms with E-state index >= 15 is 0 Å². The first-order chi connectivity index (χ1) is 12.0. The van der Waals surface area contributed by atoms with E-state index in [9.17, 15) is 19.7 Å². The van der Waals surface area contributed by atoms with Crippen LogP contribution < -0.4 is 15.0 Å². The first-order valence-electron chi connectivity index (χ1n) is 8.13. The van der Waals surface area contributed by atoms with E-state index in [1.165, 1.54) is 23.1 Å². The zero-order valence-corrected chi connectivity index (χ0v) is 13.9. The molecular formula is C16H20N4O5. The smallest absolute Gasteiger partial charge is 0.271 e. The molecule has 9 nitrogen and oxygen atoms in total. The van der Waals surface area contributed by atoms with Gasteiger partial charge in [0.1, 0.15) is 12.3 Å². The van der Waals surface area contributed by atoms with Gasteiger partial charge in [-0.05, 0) is 32.0 Å². The van der Waals surface area contributed by atoms with Gasteiger partial charge in [-0.2, -0.15) is 0 Å². The molecule has 134 valence electrons. The van der Waals surface area contributed by atoms with Crippen molar-refractivity contribution in [1.82, 2.24) is 10.2 Å². The molecule has 0 aliphatic carbocycles. The maximum absolute atomic E-state index is 12.6. The van der Waals surface area contributed by atoms with E-state index in [1.807, 2.05) is 7.05 Å². The summed E-state index contributed by atoms with van der Waals surface area (Å²) in [5, 5.41) is 14.1. The van der Waals surface area contributed by atoms with Gasteiger partial charge in [-0.3, -0.25) is 24.6 Å². The number of likely N-dealkylation sites (tertiary alicyclic amines) is 1. The Labute approximate surface area is 144 Å². The number of nitrogens with one attached hydrogen (secondary N) is 1. The third-order valence-electron chi connectivity index (χ3n) is 4.52. The van der Waals surface area contributed by atoms with Crippen LogP contribution in [0.15, 0.2) is 18.2 Å². The van der Waals surface area contributed by atoms with Crippen molar-refractivity contribution in [3.8, 4) is 5.75 Å². The maximum atomic E-state index is 12.6. The number of anilines is 1. The summed E-state index contributed by atoms with van der Waals surface area (Å²) in [7, 11) is 1.88. The third-order valence-corrected chi connectivity index (χ3v) is 4.52. The molecular weight excluding hydrogens is 328 g/mol. The summed E-state index contributed by atoms with van der Waals surface area (Å²) in [4.78, 5) is 38.2. The SMILES string of the molecule is CNCC1CCN(C(=O)CN2C(=O)COc3ccc([N+](=O)[O-])cc32)C1. The Balaban J connectivity index is 1.76. The molecule has 0 aromatic heterocycles. The van der Waals surface area contributed by atoms with E-state index in [2.05, 4.69) is 5.32 Å². The second-order valence-corrected chi connectivity index (χ2v) is 6.23. The van der Waals surface area contributed by atoms with Gasteiger partial charge in [-0.15, -0.1) is 0 Å². The third kappa shape index (κ3) is 3.55. The highest BCUT2D eigenvalue weighted by Gasteiger charge is 2.32. The summed E-state index contributed by atoms with van der Waals surface area (Å²) in [6, 6.07) is 4.04.